The number of nitrogens with two attached hydrogens (primary N) is 1. The fourth-order valence-electron chi connectivity index (χ4n) is 2.02. The molecule has 3 aromatic rings. The number of hydrogen-bond acceptors (Lipinski definition) is 4. The van der Waals surface area contributed by atoms with Gasteiger partial charge in [0.2, 0.25) is 0 Å². The Balaban J connectivity index is 1.95. The van der Waals surface area contributed by atoms with Crippen molar-refractivity contribution in [3.8, 4) is 11.4 Å². The first-order valence-corrected chi connectivity index (χ1v) is 7.77. The van der Waals surface area contributed by atoms with E-state index in [1.54, 1.807) is 4.68 Å². The van der Waals surface area contributed by atoms with Gasteiger partial charge in [-0.05, 0) is 46.3 Å². The molecule has 0 saturated heterocycles. The van der Waals surface area contributed by atoms with Crippen LogP contribution in [0, 0.1) is 0 Å². The number of aromatic nitrogens is 4. The van der Waals surface area contributed by atoms with Gasteiger partial charge in [-0.3, -0.25) is 0 Å². The van der Waals surface area contributed by atoms with Crippen molar-refractivity contribution in [1.82, 2.24) is 20.2 Å². The van der Waals surface area contributed by atoms with Gasteiger partial charge in [-0.1, -0.05) is 44.0 Å². The van der Waals surface area contributed by atoms with Crippen LogP contribution in [0.15, 0.2) is 51.4 Å². The van der Waals surface area contributed by atoms with Crippen LogP contribution in [-0.2, 0) is 6.54 Å². The Hall–Kier alpha value is -1.73. The van der Waals surface area contributed by atoms with Crippen molar-refractivity contribution < 1.29 is 0 Å². The van der Waals surface area contributed by atoms with Crippen molar-refractivity contribution in [3.05, 3.63) is 57.0 Å². The van der Waals surface area contributed by atoms with Gasteiger partial charge in [0.1, 0.15) is 0 Å². The van der Waals surface area contributed by atoms with Crippen LogP contribution in [0.2, 0.25) is 0 Å². The predicted octanol–water partition coefficient (Wildman–Crippen LogP) is 3.50. The van der Waals surface area contributed by atoms with Gasteiger partial charge in [-0.2, -0.15) is 0 Å². The summed E-state index contributed by atoms with van der Waals surface area (Å²) < 4.78 is 3.70. The third kappa shape index (κ3) is 3.30. The van der Waals surface area contributed by atoms with Gasteiger partial charge in [0, 0.05) is 20.2 Å². The summed E-state index contributed by atoms with van der Waals surface area (Å²) in [4.78, 5) is 0. The Bertz CT molecular complexity index is 747. The maximum Gasteiger partial charge on any atom is 0.182 e. The lowest BCUT2D eigenvalue weighted by Crippen LogP contribution is -2.04. The minimum Gasteiger partial charge on any atom is -0.399 e. The van der Waals surface area contributed by atoms with Gasteiger partial charge in [-0.25, -0.2) is 4.68 Å². The molecule has 3 rings (SSSR count). The lowest BCUT2D eigenvalue weighted by molar-refractivity contribution is 0.653. The van der Waals surface area contributed by atoms with Gasteiger partial charge in [0.15, 0.2) is 5.82 Å². The second kappa shape index (κ2) is 5.95. The van der Waals surface area contributed by atoms with E-state index < -0.39 is 0 Å². The van der Waals surface area contributed by atoms with Crippen molar-refractivity contribution in [3.63, 3.8) is 0 Å². The molecule has 5 nitrogen and oxygen atoms in total. The Kier molecular flexibility index (Phi) is 4.03. The summed E-state index contributed by atoms with van der Waals surface area (Å²) in [5.41, 5.74) is 8.53. The van der Waals surface area contributed by atoms with Gasteiger partial charge in [0.25, 0.3) is 0 Å². The van der Waals surface area contributed by atoms with E-state index in [1.165, 1.54) is 0 Å². The number of nitrogens with zero attached hydrogens (tertiary/aromatic N) is 4. The smallest absolute Gasteiger partial charge is 0.182 e. The molecular weight excluding hydrogens is 398 g/mol. The van der Waals surface area contributed by atoms with Crippen molar-refractivity contribution in [2.45, 2.75) is 6.54 Å². The van der Waals surface area contributed by atoms with Gasteiger partial charge in [-0.15, -0.1) is 5.10 Å². The van der Waals surface area contributed by atoms with E-state index in [4.69, 9.17) is 5.73 Å². The molecule has 0 bridgehead atoms. The maximum absolute atomic E-state index is 5.87. The molecule has 106 valence electrons. The van der Waals surface area contributed by atoms with Crippen molar-refractivity contribution in [2.24, 2.45) is 0 Å². The van der Waals surface area contributed by atoms with Crippen LogP contribution in [0.3, 0.4) is 0 Å². The average Bonchev–Trinajstić information content (AvgIpc) is 2.88. The third-order valence-electron chi connectivity index (χ3n) is 2.96. The number of benzene rings is 2. The van der Waals surface area contributed by atoms with E-state index in [-0.39, 0.29) is 0 Å². The molecular formula is C14H11Br2N5. The second-order valence-electron chi connectivity index (χ2n) is 4.56. The molecule has 0 radical (unpaired) electrons. The Morgan fingerprint density at radius 3 is 2.48 bits per heavy atom. The summed E-state index contributed by atoms with van der Waals surface area (Å²) in [6, 6.07) is 13.7. The molecule has 1 heterocycles. The molecule has 2 N–H and O–H groups in total. The first-order valence-electron chi connectivity index (χ1n) is 6.19. The standard InChI is InChI=1S/C14H11Br2N5/c15-11-3-1-9(2-4-11)8-21-14(18-19-20-21)10-5-12(16)7-13(17)6-10/h1-7H,8,17H2. The van der Waals surface area contributed by atoms with E-state index in [9.17, 15) is 0 Å². The van der Waals surface area contributed by atoms with E-state index in [2.05, 4.69) is 47.4 Å². The number of tetrazole rings is 1. The summed E-state index contributed by atoms with van der Waals surface area (Å²) in [6.45, 7) is 0.599. The normalized spacial score (nSPS) is 10.8. The fourth-order valence-corrected chi connectivity index (χ4v) is 2.80. The molecule has 0 aliphatic heterocycles. The molecule has 0 atom stereocenters. The highest BCUT2D eigenvalue weighted by atomic mass is 79.9. The fraction of sp³-hybridized carbons (Fsp3) is 0.0714. The predicted molar refractivity (Wildman–Crippen MR) is 88.6 cm³/mol. The molecule has 0 aliphatic rings. The largest absolute Gasteiger partial charge is 0.399 e. The third-order valence-corrected chi connectivity index (χ3v) is 3.94. The lowest BCUT2D eigenvalue weighted by Gasteiger charge is -2.06. The summed E-state index contributed by atoms with van der Waals surface area (Å²) >= 11 is 6.86. The van der Waals surface area contributed by atoms with Crippen LogP contribution in [-0.4, -0.2) is 20.2 Å². The molecule has 1 aromatic heterocycles. The first-order chi connectivity index (χ1) is 10.1. The minimum atomic E-state index is 0.599. The Morgan fingerprint density at radius 2 is 1.76 bits per heavy atom. The zero-order valence-corrected chi connectivity index (χ0v) is 14.0. The summed E-state index contributed by atoms with van der Waals surface area (Å²) in [6.07, 6.45) is 0. The zero-order valence-electron chi connectivity index (χ0n) is 10.9. The lowest BCUT2D eigenvalue weighted by atomic mass is 10.2. The van der Waals surface area contributed by atoms with Crippen LogP contribution in [0.25, 0.3) is 11.4 Å². The summed E-state index contributed by atoms with van der Waals surface area (Å²) in [5.74, 6) is 0.686. The van der Waals surface area contributed by atoms with Crippen molar-refractivity contribution in [1.29, 1.82) is 0 Å². The minimum absolute atomic E-state index is 0.599. The molecule has 0 unspecified atom stereocenters. The van der Waals surface area contributed by atoms with E-state index >= 15 is 0 Å². The highest BCUT2D eigenvalue weighted by Crippen LogP contribution is 2.24. The van der Waals surface area contributed by atoms with Crippen LogP contribution in [0.5, 0.6) is 0 Å². The number of nitrogen functional groups attached to an aromatic ring is 1. The Morgan fingerprint density at radius 1 is 1.00 bits per heavy atom. The highest BCUT2D eigenvalue weighted by Gasteiger charge is 2.10. The average molecular weight is 409 g/mol. The molecule has 0 amide bonds. The topological polar surface area (TPSA) is 69.6 Å². The number of rotatable bonds is 3. The quantitative estimate of drug-likeness (QED) is 0.673. The number of anilines is 1. The SMILES string of the molecule is Nc1cc(Br)cc(-c2nnnn2Cc2ccc(Br)cc2)c1. The maximum atomic E-state index is 5.87. The molecule has 0 saturated carbocycles. The van der Waals surface area contributed by atoms with Gasteiger partial charge < -0.3 is 5.73 Å². The second-order valence-corrected chi connectivity index (χ2v) is 6.39. The van der Waals surface area contributed by atoms with Crippen molar-refractivity contribution >= 4 is 37.5 Å². The van der Waals surface area contributed by atoms with Crippen LogP contribution < -0.4 is 5.73 Å². The zero-order chi connectivity index (χ0) is 14.8. The molecule has 2 aromatic carbocycles. The summed E-state index contributed by atoms with van der Waals surface area (Å²) in [7, 11) is 0. The highest BCUT2D eigenvalue weighted by molar-refractivity contribution is 9.10. The number of hydrogen-bond donors (Lipinski definition) is 1. The molecule has 0 aliphatic carbocycles. The molecule has 0 spiro atoms. The molecule has 0 fully saturated rings. The van der Waals surface area contributed by atoms with E-state index in [0.717, 1.165) is 20.1 Å². The number of halogens is 2. The molecule has 7 heteroatoms. The first kappa shape index (κ1) is 14.2. The van der Waals surface area contributed by atoms with E-state index in [1.807, 2.05) is 42.5 Å². The van der Waals surface area contributed by atoms with Crippen molar-refractivity contribution in [2.75, 3.05) is 5.73 Å². The van der Waals surface area contributed by atoms with Gasteiger partial charge >= 0.3 is 0 Å². The van der Waals surface area contributed by atoms with Crippen LogP contribution in [0.1, 0.15) is 5.56 Å². The summed E-state index contributed by atoms with van der Waals surface area (Å²) in [5, 5.41) is 11.9. The molecule has 21 heavy (non-hydrogen) atoms. The monoisotopic (exact) mass is 407 g/mol. The van der Waals surface area contributed by atoms with E-state index in [0.29, 0.717) is 18.1 Å². The van der Waals surface area contributed by atoms with Crippen LogP contribution in [0.4, 0.5) is 5.69 Å². The Labute approximate surface area is 138 Å². The van der Waals surface area contributed by atoms with Gasteiger partial charge in [0.05, 0.1) is 6.54 Å². The van der Waals surface area contributed by atoms with Crippen LogP contribution >= 0.6 is 31.9 Å².